The van der Waals surface area contributed by atoms with Crippen LogP contribution in [0.3, 0.4) is 0 Å². The molecule has 5 nitrogen and oxygen atoms in total. The van der Waals surface area contributed by atoms with E-state index in [1.54, 1.807) is 11.8 Å². The molecule has 0 aromatic rings. The van der Waals surface area contributed by atoms with Crippen LogP contribution >= 0.6 is 35.7 Å². The van der Waals surface area contributed by atoms with Crippen molar-refractivity contribution in [2.24, 2.45) is 0 Å². The molecule has 4 N–H and O–H groups in total. The molecule has 0 aliphatic heterocycles. The molecule has 0 fully saturated rings. The summed E-state index contributed by atoms with van der Waals surface area (Å²) in [5, 5.41) is 2.77. The van der Waals surface area contributed by atoms with Gasteiger partial charge in [0.15, 0.2) is 0 Å². The Morgan fingerprint density at radius 2 is 1.45 bits per heavy atom. The fourth-order valence-corrected chi connectivity index (χ4v) is 6.50. The van der Waals surface area contributed by atoms with Crippen LogP contribution in [0.5, 0.6) is 0 Å². The van der Waals surface area contributed by atoms with Gasteiger partial charge in [0, 0.05) is 12.6 Å². The van der Waals surface area contributed by atoms with Gasteiger partial charge in [0.25, 0.3) is 0 Å². The van der Waals surface area contributed by atoms with Crippen molar-refractivity contribution < 1.29 is 19.2 Å². The largest absolute Gasteiger partial charge is 0.492 e. The van der Waals surface area contributed by atoms with Gasteiger partial charge in [0.2, 0.25) is 5.91 Å². The minimum atomic E-state index is -4.02. The van der Waals surface area contributed by atoms with Gasteiger partial charge < -0.3 is 19.7 Å². The van der Waals surface area contributed by atoms with Crippen molar-refractivity contribution in [2.75, 3.05) is 12.3 Å². The molecule has 0 aromatic carbocycles. The van der Waals surface area contributed by atoms with Crippen LogP contribution in [-0.4, -0.2) is 49.7 Å². The van der Waals surface area contributed by atoms with E-state index >= 15 is 0 Å². The van der Waals surface area contributed by atoms with E-state index in [1.165, 1.54) is 69.5 Å². The zero-order valence-electron chi connectivity index (χ0n) is 18.4. The van der Waals surface area contributed by atoms with Gasteiger partial charge in [-0.05, 0) is 32.4 Å². The first-order valence-corrected chi connectivity index (χ1v) is 15.2. The first kappa shape index (κ1) is 29.4. The Labute approximate surface area is 192 Å². The molecule has 0 unspecified atom stereocenters. The highest BCUT2D eigenvalue weighted by Crippen LogP contribution is 2.31. The van der Waals surface area contributed by atoms with Crippen LogP contribution in [0.15, 0.2) is 0 Å². The predicted molar refractivity (Wildman–Crippen MR) is 133 cm³/mol. The quantitative estimate of drug-likeness (QED) is 0.133. The summed E-state index contributed by atoms with van der Waals surface area (Å²) in [6, 6.07) is -0.0754. The minimum absolute atomic E-state index is 0.0754. The van der Waals surface area contributed by atoms with Crippen LogP contribution in [0.1, 0.15) is 91.4 Å². The van der Waals surface area contributed by atoms with E-state index in [-0.39, 0.29) is 12.0 Å². The third-order valence-corrected chi connectivity index (χ3v) is 8.40. The van der Waals surface area contributed by atoms with Gasteiger partial charge in [-0.15, -0.1) is 11.8 Å². The lowest BCUT2D eigenvalue weighted by molar-refractivity contribution is -0.122. The molecule has 0 spiro atoms. The van der Waals surface area contributed by atoms with Gasteiger partial charge in [-0.2, -0.15) is 0 Å². The molecule has 0 saturated carbocycles. The SMILES string of the molecule is CCCCCCCCCCCCSC(=S)SC(C)(C)C(=O)NCCC[Si](O)(O)O. The number of rotatable bonds is 17. The summed E-state index contributed by atoms with van der Waals surface area (Å²) in [4.78, 5) is 39.2. The summed E-state index contributed by atoms with van der Waals surface area (Å²) in [6.07, 6.45) is 13.5. The molecule has 0 bridgehead atoms. The minimum Gasteiger partial charge on any atom is -0.390 e. The van der Waals surface area contributed by atoms with E-state index < -0.39 is 13.6 Å². The van der Waals surface area contributed by atoms with E-state index in [1.807, 2.05) is 13.8 Å². The van der Waals surface area contributed by atoms with Gasteiger partial charge in [0.1, 0.15) is 3.53 Å². The number of amides is 1. The topological polar surface area (TPSA) is 89.8 Å². The van der Waals surface area contributed by atoms with Crippen molar-refractivity contribution in [2.45, 2.75) is 102 Å². The smallest absolute Gasteiger partial charge is 0.390 e. The standard InChI is InChI=1S/C20H41NO4S3Si/c1-4-5-6-7-8-9-10-11-12-13-16-27-19(26)28-20(2,3)18(22)21-15-14-17-29(23,24)25/h23-25H,4-17H2,1-3H3,(H,21,22). The number of hydrogen-bond donors (Lipinski definition) is 4. The van der Waals surface area contributed by atoms with E-state index in [0.29, 0.717) is 13.0 Å². The molecule has 0 radical (unpaired) electrons. The lowest BCUT2D eigenvalue weighted by atomic mass is 10.1. The summed E-state index contributed by atoms with van der Waals surface area (Å²) < 4.78 is 0.113. The summed E-state index contributed by atoms with van der Waals surface area (Å²) in [5.41, 5.74) is 0. The Morgan fingerprint density at radius 3 is 1.97 bits per heavy atom. The zero-order chi connectivity index (χ0) is 22.2. The molecule has 9 heteroatoms. The molecule has 1 amide bonds. The maximum absolute atomic E-state index is 12.3. The third-order valence-electron chi connectivity index (χ3n) is 4.58. The summed E-state index contributed by atoms with van der Waals surface area (Å²) in [7, 11) is -4.02. The number of nitrogens with one attached hydrogen (secondary N) is 1. The van der Waals surface area contributed by atoms with Crippen molar-refractivity contribution in [1.82, 2.24) is 5.32 Å². The van der Waals surface area contributed by atoms with Gasteiger partial charge in [-0.1, -0.05) is 88.7 Å². The number of hydrogen-bond acceptors (Lipinski definition) is 7. The summed E-state index contributed by atoms with van der Waals surface area (Å²) in [6.45, 7) is 6.23. The number of unbranched alkanes of at least 4 members (excludes halogenated alkanes) is 9. The van der Waals surface area contributed by atoms with Gasteiger partial charge in [0.05, 0.1) is 4.75 Å². The fourth-order valence-electron chi connectivity index (χ4n) is 2.77. The molecule has 0 aliphatic carbocycles. The Balaban J connectivity index is 3.74. The zero-order valence-corrected chi connectivity index (χ0v) is 21.8. The Kier molecular flexibility index (Phi) is 17.2. The first-order chi connectivity index (χ1) is 13.6. The number of carbonyl (C=O) groups is 1. The van der Waals surface area contributed by atoms with Crippen molar-refractivity contribution in [3.8, 4) is 0 Å². The average molecular weight is 484 g/mol. The monoisotopic (exact) mass is 483 g/mol. The first-order valence-electron chi connectivity index (χ1n) is 10.9. The Hall–Kier alpha value is 0.357. The van der Waals surface area contributed by atoms with E-state index in [0.717, 1.165) is 15.7 Å². The number of carbonyl (C=O) groups excluding carboxylic acids is 1. The molecular weight excluding hydrogens is 443 g/mol. The molecule has 0 heterocycles. The van der Waals surface area contributed by atoms with Crippen LogP contribution in [0.25, 0.3) is 0 Å². The summed E-state index contributed by atoms with van der Waals surface area (Å²) in [5.74, 6) is 0.862. The highest BCUT2D eigenvalue weighted by atomic mass is 32.2. The van der Waals surface area contributed by atoms with Crippen LogP contribution in [0.4, 0.5) is 0 Å². The second kappa shape index (κ2) is 17.0. The number of thioether (sulfide) groups is 2. The van der Waals surface area contributed by atoms with Crippen molar-refractivity contribution in [1.29, 1.82) is 0 Å². The average Bonchev–Trinajstić information content (AvgIpc) is 2.61. The van der Waals surface area contributed by atoms with Gasteiger partial charge in [-0.25, -0.2) is 0 Å². The molecule has 0 aliphatic rings. The molecule has 0 atom stereocenters. The second-order valence-electron chi connectivity index (χ2n) is 8.03. The molecule has 0 rings (SSSR count). The predicted octanol–water partition coefficient (Wildman–Crippen LogP) is 4.86. The highest BCUT2D eigenvalue weighted by molar-refractivity contribution is 8.47. The van der Waals surface area contributed by atoms with Crippen LogP contribution in [-0.2, 0) is 4.79 Å². The summed E-state index contributed by atoms with van der Waals surface area (Å²) >= 11 is 8.48. The van der Waals surface area contributed by atoms with Crippen LogP contribution in [0.2, 0.25) is 6.04 Å². The lowest BCUT2D eigenvalue weighted by Gasteiger charge is -2.23. The molecule has 29 heavy (non-hydrogen) atoms. The molecule has 0 saturated heterocycles. The normalized spacial score (nSPS) is 12.2. The highest BCUT2D eigenvalue weighted by Gasteiger charge is 2.30. The molecular formula is C20H41NO4S3Si. The Morgan fingerprint density at radius 1 is 0.931 bits per heavy atom. The number of thiocarbonyl (C=S) groups is 1. The molecule has 0 aromatic heterocycles. The van der Waals surface area contributed by atoms with Gasteiger partial charge >= 0.3 is 8.80 Å². The fraction of sp³-hybridized carbons (Fsp3) is 0.900. The molecule has 172 valence electrons. The second-order valence-corrected chi connectivity index (χ2v) is 14.0. The van der Waals surface area contributed by atoms with Crippen LogP contribution < -0.4 is 5.32 Å². The Bertz CT molecular complexity index is 459. The van der Waals surface area contributed by atoms with E-state index in [4.69, 9.17) is 26.6 Å². The van der Waals surface area contributed by atoms with E-state index in [2.05, 4.69) is 12.2 Å². The van der Waals surface area contributed by atoms with Crippen molar-refractivity contribution in [3.63, 3.8) is 0 Å². The van der Waals surface area contributed by atoms with E-state index in [9.17, 15) is 4.79 Å². The maximum Gasteiger partial charge on any atom is 0.492 e. The maximum atomic E-state index is 12.3. The van der Waals surface area contributed by atoms with Crippen molar-refractivity contribution >= 4 is 54.0 Å². The third kappa shape index (κ3) is 18.8. The van der Waals surface area contributed by atoms with Crippen molar-refractivity contribution in [3.05, 3.63) is 0 Å². The lowest BCUT2D eigenvalue weighted by Crippen LogP contribution is -2.41. The van der Waals surface area contributed by atoms with Crippen LogP contribution in [0, 0.1) is 0 Å². The van der Waals surface area contributed by atoms with Gasteiger partial charge in [-0.3, -0.25) is 4.79 Å².